The highest BCUT2D eigenvalue weighted by atomic mass is 16.5. The molecule has 3 atom stereocenters. The zero-order valence-corrected chi connectivity index (χ0v) is 10.5. The van der Waals surface area contributed by atoms with Crippen molar-refractivity contribution in [3.63, 3.8) is 0 Å². The number of carbonyl (C=O) groups excluding carboxylic acids is 1. The minimum absolute atomic E-state index is 0.245. The molecule has 2 aliphatic heterocycles. The lowest BCUT2D eigenvalue weighted by molar-refractivity contribution is -0.134. The Morgan fingerprint density at radius 3 is 2.94 bits per heavy atom. The average molecular weight is 226 g/mol. The van der Waals surface area contributed by atoms with E-state index in [2.05, 4.69) is 19.2 Å². The first kappa shape index (κ1) is 11.9. The fourth-order valence-electron chi connectivity index (χ4n) is 2.52. The third kappa shape index (κ3) is 1.84. The van der Waals surface area contributed by atoms with Gasteiger partial charge in [0.25, 0.3) is 0 Å². The topological polar surface area (TPSA) is 41.6 Å². The van der Waals surface area contributed by atoms with Crippen molar-refractivity contribution in [2.24, 2.45) is 5.92 Å². The van der Waals surface area contributed by atoms with Crippen LogP contribution in [0, 0.1) is 5.92 Å². The van der Waals surface area contributed by atoms with E-state index in [9.17, 15) is 4.79 Å². The van der Waals surface area contributed by atoms with Crippen LogP contribution in [0.25, 0.3) is 0 Å². The van der Waals surface area contributed by atoms with Gasteiger partial charge in [-0.3, -0.25) is 10.1 Å². The number of carbonyl (C=O) groups is 1. The standard InChI is InChI=1S/C12H22N2O2/c1-4-12(3)11(15)14(8-13-12)9(2)10-5-6-16-7-10/h9-10,13H,4-8H2,1-3H3. The van der Waals surface area contributed by atoms with Gasteiger partial charge in [-0.05, 0) is 26.7 Å². The number of amides is 1. The molecule has 2 saturated heterocycles. The number of rotatable bonds is 3. The number of ether oxygens (including phenoxy) is 1. The molecule has 0 saturated carbocycles. The molecule has 0 radical (unpaired) electrons. The minimum atomic E-state index is -0.353. The van der Waals surface area contributed by atoms with Crippen molar-refractivity contribution in [3.8, 4) is 0 Å². The molecule has 0 aromatic rings. The van der Waals surface area contributed by atoms with Crippen molar-refractivity contribution in [1.82, 2.24) is 10.2 Å². The Morgan fingerprint density at radius 1 is 1.69 bits per heavy atom. The minimum Gasteiger partial charge on any atom is -0.381 e. The van der Waals surface area contributed by atoms with Crippen LogP contribution in [0.4, 0.5) is 0 Å². The molecule has 0 aromatic carbocycles. The maximum absolute atomic E-state index is 12.3. The van der Waals surface area contributed by atoms with Gasteiger partial charge >= 0.3 is 0 Å². The van der Waals surface area contributed by atoms with Gasteiger partial charge in [0.15, 0.2) is 0 Å². The van der Waals surface area contributed by atoms with E-state index in [4.69, 9.17) is 4.74 Å². The molecule has 92 valence electrons. The van der Waals surface area contributed by atoms with E-state index in [0.29, 0.717) is 12.6 Å². The maximum atomic E-state index is 12.3. The average Bonchev–Trinajstić information content (AvgIpc) is 2.89. The zero-order chi connectivity index (χ0) is 11.8. The monoisotopic (exact) mass is 226 g/mol. The second kappa shape index (κ2) is 4.34. The lowest BCUT2D eigenvalue weighted by Crippen LogP contribution is -2.46. The van der Waals surface area contributed by atoms with Gasteiger partial charge in [-0.15, -0.1) is 0 Å². The van der Waals surface area contributed by atoms with E-state index in [0.717, 1.165) is 26.1 Å². The van der Waals surface area contributed by atoms with Gasteiger partial charge in [0, 0.05) is 18.6 Å². The number of hydrogen-bond donors (Lipinski definition) is 1. The summed E-state index contributed by atoms with van der Waals surface area (Å²) < 4.78 is 5.39. The summed E-state index contributed by atoms with van der Waals surface area (Å²) in [5, 5.41) is 3.32. The number of nitrogens with one attached hydrogen (secondary N) is 1. The molecule has 3 unspecified atom stereocenters. The van der Waals surface area contributed by atoms with E-state index in [1.807, 2.05) is 11.8 Å². The second-order valence-electron chi connectivity index (χ2n) is 5.16. The summed E-state index contributed by atoms with van der Waals surface area (Å²) in [5.74, 6) is 0.749. The van der Waals surface area contributed by atoms with Crippen molar-refractivity contribution in [2.75, 3.05) is 19.9 Å². The number of hydrogen-bond acceptors (Lipinski definition) is 3. The van der Waals surface area contributed by atoms with Gasteiger partial charge in [-0.25, -0.2) is 0 Å². The molecular formula is C12H22N2O2. The van der Waals surface area contributed by atoms with Crippen LogP contribution in [-0.4, -0.2) is 42.3 Å². The summed E-state index contributed by atoms with van der Waals surface area (Å²) >= 11 is 0. The van der Waals surface area contributed by atoms with Crippen molar-refractivity contribution in [2.45, 2.75) is 45.2 Å². The van der Waals surface area contributed by atoms with Crippen LogP contribution in [0.3, 0.4) is 0 Å². The molecule has 2 rings (SSSR count). The van der Waals surface area contributed by atoms with Crippen molar-refractivity contribution >= 4 is 5.91 Å². The van der Waals surface area contributed by atoms with E-state index >= 15 is 0 Å². The van der Waals surface area contributed by atoms with Crippen LogP contribution in [0.1, 0.15) is 33.6 Å². The molecule has 0 spiro atoms. The van der Waals surface area contributed by atoms with E-state index in [1.54, 1.807) is 0 Å². The molecule has 2 fully saturated rings. The first-order valence-corrected chi connectivity index (χ1v) is 6.22. The lowest BCUT2D eigenvalue weighted by atomic mass is 9.96. The van der Waals surface area contributed by atoms with E-state index in [-0.39, 0.29) is 17.5 Å². The largest absolute Gasteiger partial charge is 0.381 e. The second-order valence-corrected chi connectivity index (χ2v) is 5.16. The summed E-state index contributed by atoms with van der Waals surface area (Å²) in [6.45, 7) is 8.51. The summed E-state index contributed by atoms with van der Waals surface area (Å²) in [7, 11) is 0. The fourth-order valence-corrected chi connectivity index (χ4v) is 2.52. The Balaban J connectivity index is 2.03. The Labute approximate surface area is 97.3 Å². The SMILES string of the molecule is CCC1(C)NCN(C(C)C2CCOC2)C1=O. The van der Waals surface area contributed by atoms with Crippen LogP contribution < -0.4 is 5.32 Å². The third-order valence-electron chi connectivity index (χ3n) is 4.22. The molecule has 2 aliphatic rings. The van der Waals surface area contributed by atoms with E-state index in [1.165, 1.54) is 0 Å². The molecule has 1 amide bonds. The summed E-state index contributed by atoms with van der Waals surface area (Å²) in [6.07, 6.45) is 1.92. The summed E-state index contributed by atoms with van der Waals surface area (Å²) in [4.78, 5) is 14.3. The lowest BCUT2D eigenvalue weighted by Gasteiger charge is -2.29. The fraction of sp³-hybridized carbons (Fsp3) is 0.917. The van der Waals surface area contributed by atoms with Gasteiger partial charge in [0.2, 0.25) is 5.91 Å². The van der Waals surface area contributed by atoms with Crippen LogP contribution in [0.5, 0.6) is 0 Å². The highest BCUT2D eigenvalue weighted by molar-refractivity contribution is 5.88. The first-order chi connectivity index (χ1) is 7.58. The molecule has 4 nitrogen and oxygen atoms in total. The van der Waals surface area contributed by atoms with Crippen LogP contribution in [0.2, 0.25) is 0 Å². The van der Waals surface area contributed by atoms with Gasteiger partial charge in [0.1, 0.15) is 0 Å². The molecule has 2 heterocycles. The third-order valence-corrected chi connectivity index (χ3v) is 4.22. The molecule has 0 aliphatic carbocycles. The Hall–Kier alpha value is -0.610. The highest BCUT2D eigenvalue weighted by Crippen LogP contribution is 2.27. The molecular weight excluding hydrogens is 204 g/mol. The summed E-state index contributed by atoms with van der Waals surface area (Å²) in [6, 6.07) is 0.288. The maximum Gasteiger partial charge on any atom is 0.243 e. The highest BCUT2D eigenvalue weighted by Gasteiger charge is 2.44. The molecule has 1 N–H and O–H groups in total. The molecule has 4 heteroatoms. The molecule has 16 heavy (non-hydrogen) atoms. The Bertz CT molecular complexity index is 276. The van der Waals surface area contributed by atoms with Gasteiger partial charge in [-0.1, -0.05) is 6.92 Å². The van der Waals surface area contributed by atoms with Crippen LogP contribution in [0.15, 0.2) is 0 Å². The quantitative estimate of drug-likeness (QED) is 0.779. The van der Waals surface area contributed by atoms with Gasteiger partial charge in [-0.2, -0.15) is 0 Å². The van der Waals surface area contributed by atoms with Crippen LogP contribution in [-0.2, 0) is 9.53 Å². The summed E-state index contributed by atoms with van der Waals surface area (Å²) in [5.41, 5.74) is -0.353. The number of nitrogens with zero attached hydrogens (tertiary/aromatic N) is 1. The van der Waals surface area contributed by atoms with Gasteiger partial charge < -0.3 is 9.64 Å². The Kier molecular flexibility index (Phi) is 3.22. The van der Waals surface area contributed by atoms with Gasteiger partial charge in [0.05, 0.1) is 18.8 Å². The van der Waals surface area contributed by atoms with Crippen molar-refractivity contribution < 1.29 is 9.53 Å². The van der Waals surface area contributed by atoms with E-state index < -0.39 is 0 Å². The van der Waals surface area contributed by atoms with Crippen molar-refractivity contribution in [1.29, 1.82) is 0 Å². The predicted octanol–water partition coefficient (Wildman–Crippen LogP) is 0.969. The van der Waals surface area contributed by atoms with Crippen LogP contribution >= 0.6 is 0 Å². The zero-order valence-electron chi connectivity index (χ0n) is 10.5. The predicted molar refractivity (Wildman–Crippen MR) is 61.9 cm³/mol. The molecule has 0 bridgehead atoms. The Morgan fingerprint density at radius 2 is 2.44 bits per heavy atom. The van der Waals surface area contributed by atoms with Crippen molar-refractivity contribution in [3.05, 3.63) is 0 Å². The first-order valence-electron chi connectivity index (χ1n) is 6.22. The smallest absolute Gasteiger partial charge is 0.243 e. The normalized spacial score (nSPS) is 37.1. The molecule has 0 aromatic heterocycles.